The number of carbonyl (C=O) groups is 1. The minimum atomic E-state index is -1.38. The van der Waals surface area contributed by atoms with Crippen LogP contribution in [0.3, 0.4) is 0 Å². The molecule has 0 aliphatic heterocycles. The van der Waals surface area contributed by atoms with Crippen LogP contribution < -0.4 is 0 Å². The van der Waals surface area contributed by atoms with Crippen molar-refractivity contribution in [3.8, 4) is 11.3 Å². The third-order valence-electron chi connectivity index (χ3n) is 4.94. The fraction of sp³-hybridized carbons (Fsp3) is 0.524. The van der Waals surface area contributed by atoms with Gasteiger partial charge >= 0.3 is 5.97 Å². The van der Waals surface area contributed by atoms with Gasteiger partial charge in [0.15, 0.2) is 0 Å². The zero-order valence-electron chi connectivity index (χ0n) is 17.4. The third kappa shape index (κ3) is 5.53. The largest absolute Gasteiger partial charge is 0.465 e. The molecule has 0 saturated heterocycles. The molecule has 0 radical (unpaired) electrons. The fourth-order valence-electron chi connectivity index (χ4n) is 2.68. The van der Waals surface area contributed by atoms with Crippen LogP contribution in [-0.4, -0.2) is 36.4 Å². The topological polar surface area (TPSA) is 53.3 Å². The summed E-state index contributed by atoms with van der Waals surface area (Å²) >= 11 is 0. The van der Waals surface area contributed by atoms with E-state index in [0.29, 0.717) is 12.3 Å². The van der Waals surface area contributed by atoms with Gasteiger partial charge in [0.25, 0.3) is 0 Å². The molecule has 0 N–H and O–H groups in total. The first-order valence-corrected chi connectivity index (χ1v) is 13.2. The van der Waals surface area contributed by atoms with Crippen molar-refractivity contribution >= 4 is 14.0 Å². The molecule has 27 heavy (non-hydrogen) atoms. The van der Waals surface area contributed by atoms with Gasteiger partial charge in [0.1, 0.15) is 12.6 Å². The van der Waals surface area contributed by atoms with E-state index in [1.54, 1.807) is 6.07 Å². The number of unbranched alkanes of at least 4 members (excludes halogenated alkanes) is 1. The standard InChI is InChI=1S/C21H32N2O3Si/c1-7-8-12-20-22-14-19(23(20)15-26-16(2)27(4,5)6)17-10-9-11-18(13-17)21(24)25-3/h9-11,13-14,16H,7-8,12,15H2,1-6H3. The normalized spacial score (nSPS) is 12.8. The smallest absolute Gasteiger partial charge is 0.337 e. The molecule has 0 fully saturated rings. The molecule has 1 aromatic carbocycles. The van der Waals surface area contributed by atoms with E-state index in [1.165, 1.54) is 7.11 Å². The Hall–Kier alpha value is -1.92. The van der Waals surface area contributed by atoms with Crippen LogP contribution in [0, 0.1) is 0 Å². The van der Waals surface area contributed by atoms with E-state index in [2.05, 4.69) is 43.0 Å². The van der Waals surface area contributed by atoms with Gasteiger partial charge in [-0.1, -0.05) is 45.1 Å². The molecule has 148 valence electrons. The molecule has 1 heterocycles. The average Bonchev–Trinajstić information content (AvgIpc) is 3.05. The summed E-state index contributed by atoms with van der Waals surface area (Å²) in [6, 6.07) is 7.48. The number of aryl methyl sites for hydroxylation is 1. The molecular weight excluding hydrogens is 356 g/mol. The van der Waals surface area contributed by atoms with Gasteiger partial charge in [0.05, 0.1) is 32.6 Å². The average molecular weight is 389 g/mol. The highest BCUT2D eigenvalue weighted by atomic mass is 28.3. The lowest BCUT2D eigenvalue weighted by Crippen LogP contribution is -2.38. The van der Waals surface area contributed by atoms with Crippen molar-refractivity contribution in [2.24, 2.45) is 0 Å². The van der Waals surface area contributed by atoms with Gasteiger partial charge in [-0.15, -0.1) is 0 Å². The lowest BCUT2D eigenvalue weighted by atomic mass is 10.1. The Balaban J connectivity index is 2.35. The number of esters is 1. The van der Waals surface area contributed by atoms with Gasteiger partial charge in [-0.2, -0.15) is 0 Å². The SMILES string of the molecule is CCCCc1ncc(-c2cccc(C(=O)OC)c2)n1COC(C)[Si](C)(C)C. The maximum absolute atomic E-state index is 11.9. The highest BCUT2D eigenvalue weighted by Crippen LogP contribution is 2.24. The number of methoxy groups -OCH3 is 1. The number of imidazole rings is 1. The summed E-state index contributed by atoms with van der Waals surface area (Å²) in [5.74, 6) is 0.691. The Morgan fingerprint density at radius 1 is 1.30 bits per heavy atom. The van der Waals surface area contributed by atoms with Crippen molar-refractivity contribution in [3.63, 3.8) is 0 Å². The summed E-state index contributed by atoms with van der Waals surface area (Å²) < 4.78 is 13.2. The van der Waals surface area contributed by atoms with E-state index in [9.17, 15) is 4.79 Å². The Morgan fingerprint density at radius 2 is 2.04 bits per heavy atom. The molecule has 0 amide bonds. The molecule has 1 unspecified atom stereocenters. The third-order valence-corrected chi connectivity index (χ3v) is 7.55. The van der Waals surface area contributed by atoms with Crippen LogP contribution in [0.2, 0.25) is 19.6 Å². The molecule has 0 spiro atoms. The van der Waals surface area contributed by atoms with Crippen molar-refractivity contribution in [2.75, 3.05) is 7.11 Å². The van der Waals surface area contributed by atoms with Crippen molar-refractivity contribution < 1.29 is 14.3 Å². The maximum atomic E-state index is 11.9. The quantitative estimate of drug-likeness (QED) is 0.452. The number of aromatic nitrogens is 2. The number of carbonyl (C=O) groups excluding carboxylic acids is 1. The first-order chi connectivity index (χ1) is 12.8. The molecule has 0 aliphatic rings. The lowest BCUT2D eigenvalue weighted by molar-refractivity contribution is 0.0557. The summed E-state index contributed by atoms with van der Waals surface area (Å²) in [6.45, 7) is 11.7. The van der Waals surface area contributed by atoms with Gasteiger partial charge in [0, 0.05) is 17.7 Å². The highest BCUT2D eigenvalue weighted by molar-refractivity contribution is 6.77. The predicted molar refractivity (Wildman–Crippen MR) is 112 cm³/mol. The van der Waals surface area contributed by atoms with E-state index in [4.69, 9.17) is 9.47 Å². The molecule has 6 heteroatoms. The first kappa shape index (κ1) is 21.4. The van der Waals surface area contributed by atoms with Crippen LogP contribution >= 0.6 is 0 Å². The molecule has 0 saturated carbocycles. The number of benzene rings is 1. The van der Waals surface area contributed by atoms with E-state index in [1.807, 2.05) is 24.4 Å². The minimum Gasteiger partial charge on any atom is -0.465 e. The molecule has 0 aliphatic carbocycles. The first-order valence-electron chi connectivity index (χ1n) is 9.62. The van der Waals surface area contributed by atoms with Crippen LogP contribution in [0.25, 0.3) is 11.3 Å². The highest BCUT2D eigenvalue weighted by Gasteiger charge is 2.24. The number of rotatable bonds is 9. The fourth-order valence-corrected chi connectivity index (χ4v) is 3.26. The van der Waals surface area contributed by atoms with Crippen LogP contribution in [0.1, 0.15) is 42.9 Å². The summed E-state index contributed by atoms with van der Waals surface area (Å²) in [5.41, 5.74) is 2.69. The van der Waals surface area contributed by atoms with Crippen molar-refractivity contribution in [1.82, 2.24) is 9.55 Å². The number of ether oxygens (including phenoxy) is 2. The van der Waals surface area contributed by atoms with Crippen molar-refractivity contribution in [1.29, 1.82) is 0 Å². The zero-order chi connectivity index (χ0) is 20.0. The van der Waals surface area contributed by atoms with Crippen LogP contribution in [0.4, 0.5) is 0 Å². The second kappa shape index (κ2) is 9.33. The second-order valence-electron chi connectivity index (χ2n) is 7.97. The van der Waals surface area contributed by atoms with Crippen molar-refractivity contribution in [3.05, 3.63) is 41.9 Å². The van der Waals surface area contributed by atoms with Crippen molar-refractivity contribution in [2.45, 2.75) is 65.2 Å². The van der Waals surface area contributed by atoms with Gasteiger partial charge < -0.3 is 14.0 Å². The Bertz CT molecular complexity index is 765. The molecule has 1 aromatic heterocycles. The van der Waals surface area contributed by atoms with Crippen LogP contribution in [0.5, 0.6) is 0 Å². The molecular formula is C21H32N2O3Si. The van der Waals surface area contributed by atoms with Crippen LogP contribution in [0.15, 0.2) is 30.5 Å². The molecule has 5 nitrogen and oxygen atoms in total. The zero-order valence-corrected chi connectivity index (χ0v) is 18.4. The number of nitrogens with zero attached hydrogens (tertiary/aromatic N) is 2. The van der Waals surface area contributed by atoms with E-state index in [-0.39, 0.29) is 11.7 Å². The summed E-state index contributed by atoms with van der Waals surface area (Å²) in [4.78, 5) is 16.5. The molecule has 0 bridgehead atoms. The van der Waals surface area contributed by atoms with E-state index >= 15 is 0 Å². The number of hydrogen-bond acceptors (Lipinski definition) is 4. The van der Waals surface area contributed by atoms with Gasteiger partial charge in [0.2, 0.25) is 0 Å². The lowest BCUT2D eigenvalue weighted by Gasteiger charge is -2.26. The summed E-state index contributed by atoms with van der Waals surface area (Å²) in [7, 11) is 0.0171. The predicted octanol–water partition coefficient (Wildman–Crippen LogP) is 4.92. The van der Waals surface area contributed by atoms with Gasteiger partial charge in [-0.05, 0) is 25.5 Å². The van der Waals surface area contributed by atoms with Crippen LogP contribution in [-0.2, 0) is 22.6 Å². The number of hydrogen-bond donors (Lipinski definition) is 0. The monoisotopic (exact) mass is 388 g/mol. The summed E-state index contributed by atoms with van der Waals surface area (Å²) in [6.07, 6.45) is 5.00. The minimum absolute atomic E-state index is 0.244. The molecule has 2 rings (SSSR count). The Kier molecular flexibility index (Phi) is 7.38. The van der Waals surface area contributed by atoms with Gasteiger partial charge in [-0.25, -0.2) is 9.78 Å². The summed E-state index contributed by atoms with van der Waals surface area (Å²) in [5, 5.41) is 0. The maximum Gasteiger partial charge on any atom is 0.337 e. The second-order valence-corrected chi connectivity index (χ2v) is 13.5. The van der Waals surface area contributed by atoms with Gasteiger partial charge in [-0.3, -0.25) is 0 Å². The van der Waals surface area contributed by atoms with E-state index < -0.39 is 8.07 Å². The molecule has 2 aromatic rings. The molecule has 1 atom stereocenters. The Labute approximate surface area is 163 Å². The van der Waals surface area contributed by atoms with E-state index in [0.717, 1.165) is 36.3 Å². The Morgan fingerprint density at radius 3 is 2.67 bits per heavy atom.